The molecule has 0 radical (unpaired) electrons. The number of anilines is 2. The van der Waals surface area contributed by atoms with Crippen LogP contribution in [-0.4, -0.2) is 10.9 Å². The number of nitrogens with one attached hydrogen (secondary N) is 2. The van der Waals surface area contributed by atoms with E-state index in [0.29, 0.717) is 4.47 Å². The quantitative estimate of drug-likeness (QED) is 0.581. The van der Waals surface area contributed by atoms with Gasteiger partial charge in [0.05, 0.1) is 10.7 Å². The van der Waals surface area contributed by atoms with E-state index in [-0.39, 0.29) is 22.2 Å². The highest BCUT2D eigenvalue weighted by atomic mass is 79.9. The Labute approximate surface area is 127 Å². The van der Waals surface area contributed by atoms with Crippen molar-refractivity contribution in [3.63, 3.8) is 0 Å². The summed E-state index contributed by atoms with van der Waals surface area (Å²) in [5.41, 5.74) is 2.26. The van der Waals surface area contributed by atoms with E-state index < -0.39 is 11.7 Å². The van der Waals surface area contributed by atoms with Crippen LogP contribution in [-0.2, 0) is 0 Å². The molecule has 1 aromatic heterocycles. The van der Waals surface area contributed by atoms with E-state index in [1.54, 1.807) is 6.07 Å². The molecule has 2 rings (SSSR count). The van der Waals surface area contributed by atoms with Gasteiger partial charge < -0.3 is 10.7 Å². The van der Waals surface area contributed by atoms with Gasteiger partial charge in [0.15, 0.2) is 0 Å². The minimum Gasteiger partial charge on any atom is -0.317 e. The van der Waals surface area contributed by atoms with Gasteiger partial charge in [-0.3, -0.25) is 4.79 Å². The maximum Gasteiger partial charge on any atom is 0.276 e. The van der Waals surface area contributed by atoms with Gasteiger partial charge in [-0.25, -0.2) is 15.2 Å². The van der Waals surface area contributed by atoms with Gasteiger partial charge in [0.25, 0.3) is 5.91 Å². The lowest BCUT2D eigenvalue weighted by atomic mass is 10.2. The lowest BCUT2D eigenvalue weighted by Gasteiger charge is -2.09. The molecule has 104 valence electrons. The maximum atomic E-state index is 13.6. The van der Waals surface area contributed by atoms with E-state index >= 15 is 0 Å². The summed E-state index contributed by atoms with van der Waals surface area (Å²) in [4.78, 5) is 16.0. The number of para-hydroxylation sites is 1. The van der Waals surface area contributed by atoms with Crippen molar-refractivity contribution >= 4 is 44.9 Å². The molecule has 5 nitrogen and oxygen atoms in total. The van der Waals surface area contributed by atoms with Crippen LogP contribution in [0.5, 0.6) is 0 Å². The first-order chi connectivity index (χ1) is 9.52. The molecule has 1 heterocycles. The molecule has 0 fully saturated rings. The van der Waals surface area contributed by atoms with Crippen molar-refractivity contribution in [2.75, 3.05) is 10.7 Å². The maximum absolute atomic E-state index is 13.6. The average Bonchev–Trinajstić information content (AvgIpc) is 2.43. The summed E-state index contributed by atoms with van der Waals surface area (Å²) in [6.45, 7) is 0. The number of nitrogen functional groups attached to an aromatic ring is 1. The number of amides is 1. The number of hydrogen-bond donors (Lipinski definition) is 3. The number of nitrogens with zero attached hydrogens (tertiary/aromatic N) is 1. The summed E-state index contributed by atoms with van der Waals surface area (Å²) >= 11 is 9.05. The minimum atomic E-state index is -0.641. The van der Waals surface area contributed by atoms with E-state index in [1.807, 2.05) is 0 Å². The predicted molar refractivity (Wildman–Crippen MR) is 79.1 cm³/mol. The summed E-state index contributed by atoms with van der Waals surface area (Å²) < 4.78 is 14.1. The Morgan fingerprint density at radius 1 is 1.35 bits per heavy atom. The van der Waals surface area contributed by atoms with Crippen molar-refractivity contribution < 1.29 is 9.18 Å². The third-order valence-electron chi connectivity index (χ3n) is 2.41. The number of benzene rings is 1. The smallest absolute Gasteiger partial charge is 0.276 e. The molecule has 8 heteroatoms. The van der Waals surface area contributed by atoms with Gasteiger partial charge in [-0.2, -0.15) is 0 Å². The van der Waals surface area contributed by atoms with Crippen LogP contribution < -0.4 is 16.6 Å². The third-order valence-corrected chi connectivity index (χ3v) is 3.38. The predicted octanol–water partition coefficient (Wildman–Crippen LogP) is 3.17. The highest BCUT2D eigenvalue weighted by Gasteiger charge is 2.16. The standard InChI is InChI=1S/C12H9BrClFN4O/c13-6-2-1-3-8(15)10(6)18-12(20)11-7(14)4-5-9(17-11)19-16/h1-5H,16H2,(H,17,19)(H,18,20). The number of carbonyl (C=O) groups excluding carboxylic acids is 1. The van der Waals surface area contributed by atoms with Crippen molar-refractivity contribution in [2.24, 2.45) is 5.84 Å². The van der Waals surface area contributed by atoms with Gasteiger partial charge in [-0.1, -0.05) is 17.7 Å². The number of hydrogen-bond acceptors (Lipinski definition) is 4. The Kier molecular flexibility index (Phi) is 4.53. The summed E-state index contributed by atoms with van der Waals surface area (Å²) in [7, 11) is 0. The highest BCUT2D eigenvalue weighted by molar-refractivity contribution is 9.10. The second kappa shape index (κ2) is 6.17. The molecular formula is C12H9BrClFN4O. The summed E-state index contributed by atoms with van der Waals surface area (Å²) in [5, 5.41) is 2.54. The summed E-state index contributed by atoms with van der Waals surface area (Å²) in [6.07, 6.45) is 0. The number of nitrogens with two attached hydrogens (primary N) is 1. The second-order valence-electron chi connectivity index (χ2n) is 3.72. The largest absolute Gasteiger partial charge is 0.317 e. The molecule has 20 heavy (non-hydrogen) atoms. The zero-order valence-corrected chi connectivity index (χ0v) is 12.3. The fourth-order valence-corrected chi connectivity index (χ4v) is 2.10. The van der Waals surface area contributed by atoms with Crippen molar-refractivity contribution in [1.82, 2.24) is 4.98 Å². The molecule has 0 atom stereocenters. The molecule has 0 saturated carbocycles. The van der Waals surface area contributed by atoms with Gasteiger partial charge in [-0.15, -0.1) is 0 Å². The fourth-order valence-electron chi connectivity index (χ4n) is 1.47. The Balaban J connectivity index is 2.33. The lowest BCUT2D eigenvalue weighted by Crippen LogP contribution is -2.17. The van der Waals surface area contributed by atoms with Crippen LogP contribution in [0, 0.1) is 5.82 Å². The number of pyridine rings is 1. The summed E-state index contributed by atoms with van der Waals surface area (Å²) in [6, 6.07) is 7.32. The molecule has 0 aliphatic carbocycles. The number of halogens is 3. The molecular weight excluding hydrogens is 351 g/mol. The molecule has 0 saturated heterocycles. The molecule has 0 bridgehead atoms. The first-order valence-electron chi connectivity index (χ1n) is 5.41. The van der Waals surface area contributed by atoms with Crippen molar-refractivity contribution in [3.05, 3.63) is 51.3 Å². The van der Waals surface area contributed by atoms with Crippen molar-refractivity contribution in [1.29, 1.82) is 0 Å². The average molecular weight is 360 g/mol. The molecule has 2 aromatic rings. The molecule has 4 N–H and O–H groups in total. The van der Waals surface area contributed by atoms with Gasteiger partial charge in [0.1, 0.15) is 17.3 Å². The number of hydrazine groups is 1. The molecule has 0 unspecified atom stereocenters. The van der Waals surface area contributed by atoms with E-state index in [4.69, 9.17) is 17.4 Å². The fraction of sp³-hybridized carbons (Fsp3) is 0. The number of carbonyl (C=O) groups is 1. The monoisotopic (exact) mass is 358 g/mol. The molecule has 0 aliphatic heterocycles. The first-order valence-corrected chi connectivity index (χ1v) is 6.58. The van der Waals surface area contributed by atoms with Gasteiger partial charge in [0.2, 0.25) is 0 Å². The first kappa shape index (κ1) is 14.7. The van der Waals surface area contributed by atoms with Crippen LogP contribution in [0.4, 0.5) is 15.9 Å². The van der Waals surface area contributed by atoms with E-state index in [1.165, 1.54) is 24.3 Å². The summed E-state index contributed by atoms with van der Waals surface area (Å²) in [5.74, 6) is 4.27. The molecule has 1 aromatic carbocycles. The minimum absolute atomic E-state index is 0.0153. The normalized spacial score (nSPS) is 10.2. The van der Waals surface area contributed by atoms with Crippen LogP contribution >= 0.6 is 27.5 Å². The van der Waals surface area contributed by atoms with Crippen molar-refractivity contribution in [2.45, 2.75) is 0 Å². The van der Waals surface area contributed by atoms with Gasteiger partial charge >= 0.3 is 0 Å². The Morgan fingerprint density at radius 3 is 2.75 bits per heavy atom. The second-order valence-corrected chi connectivity index (χ2v) is 4.98. The number of aromatic nitrogens is 1. The van der Waals surface area contributed by atoms with Gasteiger partial charge in [-0.05, 0) is 40.2 Å². The van der Waals surface area contributed by atoms with Crippen LogP contribution in [0.1, 0.15) is 10.5 Å². The van der Waals surface area contributed by atoms with Crippen LogP contribution in [0.3, 0.4) is 0 Å². The Morgan fingerprint density at radius 2 is 2.10 bits per heavy atom. The van der Waals surface area contributed by atoms with Crippen LogP contribution in [0.2, 0.25) is 5.02 Å². The highest BCUT2D eigenvalue weighted by Crippen LogP contribution is 2.26. The Bertz CT molecular complexity index is 648. The molecule has 0 spiro atoms. The SMILES string of the molecule is NNc1ccc(Cl)c(C(=O)Nc2c(F)cccc2Br)n1. The van der Waals surface area contributed by atoms with Crippen LogP contribution in [0.15, 0.2) is 34.8 Å². The van der Waals surface area contributed by atoms with E-state index in [2.05, 4.69) is 31.7 Å². The van der Waals surface area contributed by atoms with E-state index in [0.717, 1.165) is 0 Å². The van der Waals surface area contributed by atoms with Crippen LogP contribution in [0.25, 0.3) is 0 Å². The van der Waals surface area contributed by atoms with E-state index in [9.17, 15) is 9.18 Å². The lowest BCUT2D eigenvalue weighted by molar-refractivity contribution is 0.102. The Hall–Kier alpha value is -1.70. The van der Waals surface area contributed by atoms with Crippen molar-refractivity contribution in [3.8, 4) is 0 Å². The van der Waals surface area contributed by atoms with Gasteiger partial charge in [0, 0.05) is 4.47 Å². The zero-order valence-electron chi connectivity index (χ0n) is 9.95. The molecule has 0 aliphatic rings. The zero-order chi connectivity index (χ0) is 14.7. The third kappa shape index (κ3) is 3.06. The topological polar surface area (TPSA) is 80.0 Å². The molecule has 1 amide bonds. The number of rotatable bonds is 3.